The molecule has 0 saturated carbocycles. The number of methoxy groups -OCH3 is 1. The van der Waals surface area contributed by atoms with Gasteiger partial charge in [-0.3, -0.25) is 9.59 Å². The van der Waals surface area contributed by atoms with Crippen LogP contribution in [-0.2, 0) is 19.1 Å². The van der Waals surface area contributed by atoms with Crippen LogP contribution in [-0.4, -0.2) is 66.0 Å². The number of phenolic OH excluding ortho intramolecular Hbond substituents is 1. The number of amides is 2. The maximum Gasteiger partial charge on any atom is 0.404 e. The summed E-state index contributed by atoms with van der Waals surface area (Å²) in [4.78, 5) is 50.2. The van der Waals surface area contributed by atoms with Gasteiger partial charge in [-0.05, 0) is 12.1 Å². The Morgan fingerprint density at radius 2 is 2.00 bits per heavy atom. The highest BCUT2D eigenvalue weighted by Gasteiger charge is 2.76. The molecule has 12 nitrogen and oxygen atoms in total. The summed E-state index contributed by atoms with van der Waals surface area (Å²) >= 11 is 0. The molecule has 1 aromatic rings. The number of ether oxygens (including phenoxy) is 3. The number of nitroso groups, excluding NO2 is 1. The number of anilines is 1. The van der Waals surface area contributed by atoms with E-state index < -0.39 is 35.5 Å². The molecule has 0 spiro atoms. The lowest BCUT2D eigenvalue weighted by molar-refractivity contribution is -0.132. The van der Waals surface area contributed by atoms with E-state index in [-0.39, 0.29) is 41.1 Å². The Morgan fingerprint density at radius 3 is 2.52 bits per heavy atom. The second kappa shape index (κ2) is 6.80. The van der Waals surface area contributed by atoms with Gasteiger partial charge in [0.2, 0.25) is 5.91 Å². The Bertz CT molecular complexity index is 1030. The first kappa shape index (κ1) is 20.8. The summed E-state index contributed by atoms with van der Waals surface area (Å²) in [6.07, 6.45) is -1.04. The van der Waals surface area contributed by atoms with Crippen molar-refractivity contribution in [2.45, 2.75) is 44.5 Å². The molecule has 12 heteroatoms. The number of hydrogen-bond acceptors (Lipinski definition) is 10. The molecule has 3 heterocycles. The van der Waals surface area contributed by atoms with Crippen molar-refractivity contribution < 1.29 is 33.7 Å². The highest BCUT2D eigenvalue weighted by atomic mass is 16.6. The van der Waals surface area contributed by atoms with Crippen molar-refractivity contribution in [2.75, 3.05) is 25.2 Å². The number of nitrogens with zero attached hydrogens (tertiary/aromatic N) is 3. The van der Waals surface area contributed by atoms with E-state index in [0.717, 1.165) is 0 Å². The molecule has 0 unspecified atom stereocenters. The number of benzene rings is 1. The van der Waals surface area contributed by atoms with Crippen molar-refractivity contribution >= 4 is 29.3 Å². The third kappa shape index (κ3) is 2.60. The fourth-order valence-electron chi connectivity index (χ4n) is 5.27. The van der Waals surface area contributed by atoms with Gasteiger partial charge in [0.25, 0.3) is 0 Å². The molecule has 2 saturated heterocycles. The van der Waals surface area contributed by atoms with Gasteiger partial charge >= 0.3 is 12.1 Å². The average Bonchev–Trinajstić information content (AvgIpc) is 3.21. The Labute approximate surface area is 176 Å². The lowest BCUT2D eigenvalue weighted by Gasteiger charge is -2.40. The van der Waals surface area contributed by atoms with Crippen molar-refractivity contribution in [2.24, 2.45) is 10.9 Å². The van der Waals surface area contributed by atoms with Crippen LogP contribution >= 0.6 is 0 Å². The molecule has 4 atom stereocenters. The van der Waals surface area contributed by atoms with Gasteiger partial charge in [-0.25, -0.2) is 4.79 Å². The predicted molar refractivity (Wildman–Crippen MR) is 105 cm³/mol. The van der Waals surface area contributed by atoms with Crippen LogP contribution in [0.5, 0.6) is 11.5 Å². The molecule has 166 valence electrons. The number of phenols is 1. The van der Waals surface area contributed by atoms with E-state index in [2.05, 4.69) is 5.18 Å². The lowest BCUT2D eigenvalue weighted by atomic mass is 9.88. The summed E-state index contributed by atoms with van der Waals surface area (Å²) in [7, 11) is 1.43. The monoisotopic (exact) mass is 434 g/mol. The van der Waals surface area contributed by atoms with Crippen molar-refractivity contribution in [1.82, 2.24) is 4.90 Å². The summed E-state index contributed by atoms with van der Waals surface area (Å²) < 4.78 is 16.4. The van der Waals surface area contributed by atoms with E-state index >= 15 is 0 Å². The molecule has 1 aromatic carbocycles. The minimum atomic E-state index is -1.24. The van der Waals surface area contributed by atoms with E-state index in [1.807, 2.05) is 0 Å². The van der Waals surface area contributed by atoms with Crippen LogP contribution in [0.1, 0.15) is 30.9 Å². The van der Waals surface area contributed by atoms with Gasteiger partial charge in [-0.1, -0.05) is 0 Å². The van der Waals surface area contributed by atoms with Crippen LogP contribution in [0.25, 0.3) is 0 Å². The molecule has 31 heavy (non-hydrogen) atoms. The molecule has 2 amide bonds. The number of carbonyl (C=O) groups excluding carboxylic acids is 3. The first-order valence-electron chi connectivity index (χ1n) is 9.56. The lowest BCUT2D eigenvalue weighted by Crippen LogP contribution is -2.55. The topological polar surface area (TPSA) is 161 Å². The van der Waals surface area contributed by atoms with E-state index in [1.54, 1.807) is 9.80 Å². The number of hydrogen-bond donors (Lipinski definition) is 2. The third-order valence-electron chi connectivity index (χ3n) is 6.33. The zero-order valence-corrected chi connectivity index (χ0v) is 17.4. The van der Waals surface area contributed by atoms with E-state index in [1.165, 1.54) is 27.9 Å². The molecule has 3 aliphatic rings. The molecule has 0 aromatic heterocycles. The normalized spacial score (nSPS) is 27.3. The number of esters is 1. The first-order valence-corrected chi connectivity index (χ1v) is 9.56. The fraction of sp³-hybridized carbons (Fsp3) is 0.526. The molecule has 3 N–H and O–H groups in total. The summed E-state index contributed by atoms with van der Waals surface area (Å²) in [5.41, 5.74) is 4.30. The Morgan fingerprint density at radius 1 is 1.32 bits per heavy atom. The van der Waals surface area contributed by atoms with Gasteiger partial charge < -0.3 is 34.9 Å². The first-order chi connectivity index (χ1) is 14.6. The zero-order chi connectivity index (χ0) is 22.8. The Hall–Kier alpha value is -3.41. The molecule has 0 bridgehead atoms. The second-order valence-corrected chi connectivity index (χ2v) is 7.79. The number of rotatable bonds is 5. The Kier molecular flexibility index (Phi) is 4.58. The van der Waals surface area contributed by atoms with Crippen LogP contribution in [0.2, 0.25) is 0 Å². The third-order valence-corrected chi connectivity index (χ3v) is 6.33. The van der Waals surface area contributed by atoms with Gasteiger partial charge in [-0.2, -0.15) is 0 Å². The van der Waals surface area contributed by atoms with Crippen molar-refractivity contribution in [3.8, 4) is 11.5 Å². The molecule has 0 aliphatic carbocycles. The summed E-state index contributed by atoms with van der Waals surface area (Å²) in [6, 6.07) is -0.598. The smallest absolute Gasteiger partial charge is 0.404 e. The quantitative estimate of drug-likeness (QED) is 0.298. The van der Waals surface area contributed by atoms with E-state index in [4.69, 9.17) is 19.9 Å². The molecule has 4 rings (SSSR count). The minimum absolute atomic E-state index is 0.0496. The van der Waals surface area contributed by atoms with Gasteiger partial charge in [0.1, 0.15) is 12.6 Å². The van der Waals surface area contributed by atoms with Crippen molar-refractivity contribution in [3.05, 3.63) is 16.0 Å². The standard InChI is InChI=1S/C19H22N4O8/c1-7-13(21-28)15(26)12-10(6-30-18(20)27)19(29-4)17-11(23(17)8(2)24)5-22(19)14(12)16(7)31-9(3)25/h10-11,17,26H,5-6H2,1-4H3,(H2,20,27)/t10-,11+,17+,19-,23?/m1/s1. The SMILES string of the molecule is CO[C@@]12[C@H](COC(N)=O)c3c(O)c(N=O)c(C)c(OC(C)=O)c3N1C[C@H]1[C@@H]2N1C(C)=O. The molecule has 3 aliphatic heterocycles. The highest BCUT2D eigenvalue weighted by Crippen LogP contribution is 2.66. The van der Waals surface area contributed by atoms with Crippen LogP contribution in [0.3, 0.4) is 0 Å². The zero-order valence-electron chi connectivity index (χ0n) is 17.4. The largest absolute Gasteiger partial charge is 0.505 e. The number of fused-ring (bicyclic) bond motifs is 5. The summed E-state index contributed by atoms with van der Waals surface area (Å²) in [6.45, 7) is 4.14. The van der Waals surface area contributed by atoms with Crippen LogP contribution in [0.15, 0.2) is 5.18 Å². The molecular formula is C19H22N4O8. The van der Waals surface area contributed by atoms with Crippen LogP contribution in [0.4, 0.5) is 16.2 Å². The van der Waals surface area contributed by atoms with Gasteiger partial charge in [0.15, 0.2) is 22.9 Å². The number of carbonyl (C=O) groups is 3. The minimum Gasteiger partial charge on any atom is -0.505 e. The fourth-order valence-corrected chi connectivity index (χ4v) is 5.27. The molecule has 0 radical (unpaired) electrons. The average molecular weight is 434 g/mol. The van der Waals surface area contributed by atoms with Gasteiger partial charge in [-0.15, -0.1) is 4.91 Å². The maximum atomic E-state index is 12.1. The number of piperazine rings is 1. The van der Waals surface area contributed by atoms with Crippen LogP contribution < -0.4 is 15.4 Å². The number of aromatic hydroxyl groups is 1. The summed E-state index contributed by atoms with van der Waals surface area (Å²) in [5, 5.41) is 13.9. The predicted octanol–water partition coefficient (Wildman–Crippen LogP) is 0.978. The highest BCUT2D eigenvalue weighted by molar-refractivity contribution is 5.89. The molecular weight excluding hydrogens is 412 g/mol. The second-order valence-electron chi connectivity index (χ2n) is 7.79. The Balaban J connectivity index is 1.98. The van der Waals surface area contributed by atoms with Gasteiger partial charge in [0.05, 0.1) is 17.6 Å². The number of primary amides is 1. The van der Waals surface area contributed by atoms with E-state index in [9.17, 15) is 24.4 Å². The van der Waals surface area contributed by atoms with E-state index in [0.29, 0.717) is 12.2 Å². The van der Waals surface area contributed by atoms with Gasteiger partial charge in [0, 0.05) is 38.6 Å². The van der Waals surface area contributed by atoms with Crippen molar-refractivity contribution in [3.63, 3.8) is 0 Å². The molecule has 2 fully saturated rings. The number of nitrogens with two attached hydrogens (primary N) is 1. The van der Waals surface area contributed by atoms with Crippen LogP contribution in [0, 0.1) is 11.8 Å². The maximum absolute atomic E-state index is 12.1. The van der Waals surface area contributed by atoms with Crippen molar-refractivity contribution in [1.29, 1.82) is 0 Å². The summed E-state index contributed by atoms with van der Waals surface area (Å²) in [5.74, 6) is -2.04.